The molecule has 0 saturated carbocycles. The summed E-state index contributed by atoms with van der Waals surface area (Å²) < 4.78 is 2.67. The second-order valence-corrected chi connectivity index (χ2v) is 36.6. The average Bonchev–Trinajstić information content (AvgIpc) is 1.79. The van der Waals surface area contributed by atoms with E-state index in [1.807, 2.05) is 11.3 Å². The van der Waals surface area contributed by atoms with Gasteiger partial charge in [-0.15, -0.1) is 11.3 Å². The van der Waals surface area contributed by atoms with Gasteiger partial charge in [-0.1, -0.05) is 244 Å². The molecular formula is C79H86BN3SSi. The van der Waals surface area contributed by atoms with Crippen molar-refractivity contribution < 1.29 is 0 Å². The number of anilines is 9. The maximum absolute atomic E-state index is 2.66. The molecule has 12 rings (SSSR count). The minimum absolute atomic E-state index is 0.00206. The Morgan fingerprint density at radius 3 is 1.32 bits per heavy atom. The van der Waals surface area contributed by atoms with Crippen molar-refractivity contribution in [3.8, 4) is 22.3 Å². The summed E-state index contributed by atoms with van der Waals surface area (Å²) in [6, 6.07) is 76.0. The van der Waals surface area contributed by atoms with Crippen LogP contribution in [0, 0.1) is 0 Å². The maximum Gasteiger partial charge on any atom is 0.264 e. The summed E-state index contributed by atoms with van der Waals surface area (Å²) in [7, 11) is -1.60. The fourth-order valence-corrected chi connectivity index (χ4v) is 15.2. The molecule has 6 heteroatoms. The SMILES string of the molecule is CC(C)(C)c1ccc(N(c2ccc(C(C)(C)C)cc2)c2cc3c(cc2-c2ccccc2)B2c4sc5ccc(C(C)(C)C)cc5c4N(c4ccc(C(C)(C)C)cc4)c4cc(-c5ccc([Si](C)(C)C)cc5)cc(c42)N3c2ccc(C(C)(C)C)cc2)cc1. The molecule has 0 spiro atoms. The minimum atomic E-state index is -1.60. The highest BCUT2D eigenvalue weighted by Crippen LogP contribution is 2.53. The zero-order valence-electron chi connectivity index (χ0n) is 53.8. The molecule has 2 aliphatic rings. The lowest BCUT2D eigenvalue weighted by Gasteiger charge is -2.44. The van der Waals surface area contributed by atoms with Gasteiger partial charge in [0.25, 0.3) is 6.71 Å². The van der Waals surface area contributed by atoms with Gasteiger partial charge < -0.3 is 14.7 Å². The summed E-state index contributed by atoms with van der Waals surface area (Å²) in [4.78, 5) is 7.82. The topological polar surface area (TPSA) is 9.72 Å². The number of hydrogen-bond donors (Lipinski definition) is 0. The van der Waals surface area contributed by atoms with Gasteiger partial charge >= 0.3 is 0 Å². The van der Waals surface area contributed by atoms with Crippen LogP contribution in [0.4, 0.5) is 51.2 Å². The highest BCUT2D eigenvalue weighted by atomic mass is 32.1. The summed E-state index contributed by atoms with van der Waals surface area (Å²) in [5.74, 6) is 0. The number of rotatable bonds is 8. The third kappa shape index (κ3) is 10.7. The van der Waals surface area contributed by atoms with E-state index in [9.17, 15) is 0 Å². The predicted octanol–water partition coefficient (Wildman–Crippen LogP) is 20.8. The Bertz CT molecular complexity index is 4080. The molecule has 2 aliphatic heterocycles. The number of hydrogen-bond acceptors (Lipinski definition) is 4. The second kappa shape index (κ2) is 20.7. The fourth-order valence-electron chi connectivity index (χ4n) is 12.8. The Morgan fingerprint density at radius 1 is 0.400 bits per heavy atom. The van der Waals surface area contributed by atoms with Gasteiger partial charge in [-0.2, -0.15) is 0 Å². The van der Waals surface area contributed by atoms with Crippen LogP contribution in [-0.4, -0.2) is 14.8 Å². The Balaban J connectivity index is 1.24. The molecule has 0 amide bonds. The van der Waals surface area contributed by atoms with Crippen molar-refractivity contribution in [2.75, 3.05) is 14.7 Å². The molecule has 9 aromatic carbocycles. The molecule has 0 unspecified atom stereocenters. The molecule has 0 radical (unpaired) electrons. The van der Waals surface area contributed by atoms with Crippen LogP contribution in [-0.2, 0) is 27.1 Å². The van der Waals surface area contributed by atoms with E-state index in [0.29, 0.717) is 0 Å². The maximum atomic E-state index is 2.66. The predicted molar refractivity (Wildman–Crippen MR) is 378 cm³/mol. The van der Waals surface area contributed by atoms with Crippen LogP contribution < -0.4 is 35.6 Å². The summed E-state index contributed by atoms with van der Waals surface area (Å²) >= 11 is 1.98. The van der Waals surface area contributed by atoms with Crippen molar-refractivity contribution in [3.05, 3.63) is 222 Å². The van der Waals surface area contributed by atoms with Gasteiger partial charge in [-0.25, -0.2) is 0 Å². The number of thiophene rings is 1. The van der Waals surface area contributed by atoms with Crippen LogP contribution in [0.15, 0.2) is 194 Å². The van der Waals surface area contributed by atoms with E-state index in [1.165, 1.54) is 109 Å². The molecule has 85 heavy (non-hydrogen) atoms. The normalized spacial score (nSPS) is 13.7. The number of nitrogens with zero attached hydrogens (tertiary/aromatic N) is 3. The number of fused-ring (bicyclic) bond motifs is 6. The second-order valence-electron chi connectivity index (χ2n) is 30.5. The summed E-state index contributed by atoms with van der Waals surface area (Å²) in [5, 5.41) is 2.76. The van der Waals surface area contributed by atoms with Crippen LogP contribution in [0.2, 0.25) is 19.6 Å². The van der Waals surface area contributed by atoms with Gasteiger partial charge in [-0.05, 0) is 161 Å². The summed E-state index contributed by atoms with van der Waals surface area (Å²) in [6.45, 7) is 42.0. The van der Waals surface area contributed by atoms with E-state index in [4.69, 9.17) is 0 Å². The lowest BCUT2D eigenvalue weighted by molar-refractivity contribution is 0.590. The van der Waals surface area contributed by atoms with Gasteiger partial charge in [0.15, 0.2) is 0 Å². The highest BCUT2D eigenvalue weighted by molar-refractivity contribution is 7.33. The van der Waals surface area contributed by atoms with Gasteiger partial charge in [0, 0.05) is 60.2 Å². The number of benzene rings is 9. The Kier molecular flexibility index (Phi) is 14.1. The van der Waals surface area contributed by atoms with Crippen LogP contribution in [0.25, 0.3) is 32.3 Å². The van der Waals surface area contributed by atoms with Crippen molar-refractivity contribution in [2.24, 2.45) is 0 Å². The zero-order chi connectivity index (χ0) is 60.5. The fraction of sp³-hybridized carbons (Fsp3) is 0.291. The Morgan fingerprint density at radius 2 is 0.847 bits per heavy atom. The molecule has 0 saturated heterocycles. The quantitative estimate of drug-likeness (QED) is 0.140. The van der Waals surface area contributed by atoms with Gasteiger partial charge in [0.2, 0.25) is 0 Å². The molecule has 1 aromatic heterocycles. The molecule has 3 nitrogen and oxygen atoms in total. The van der Waals surface area contributed by atoms with Crippen LogP contribution in [0.3, 0.4) is 0 Å². The van der Waals surface area contributed by atoms with E-state index in [2.05, 4.69) is 332 Å². The summed E-state index contributed by atoms with van der Waals surface area (Å²) in [5.41, 5.74) is 24.4. The largest absolute Gasteiger partial charge is 0.311 e. The molecule has 430 valence electrons. The van der Waals surface area contributed by atoms with E-state index >= 15 is 0 Å². The lowest BCUT2D eigenvalue weighted by Crippen LogP contribution is -2.60. The molecule has 0 atom stereocenters. The van der Waals surface area contributed by atoms with Crippen molar-refractivity contribution in [1.29, 1.82) is 0 Å². The zero-order valence-corrected chi connectivity index (χ0v) is 55.6. The van der Waals surface area contributed by atoms with Gasteiger partial charge in [0.05, 0.1) is 19.4 Å². The van der Waals surface area contributed by atoms with E-state index in [0.717, 1.165) is 22.7 Å². The van der Waals surface area contributed by atoms with Gasteiger partial charge in [-0.3, -0.25) is 0 Å². The summed E-state index contributed by atoms with van der Waals surface area (Å²) in [6.07, 6.45) is 0. The average molecular weight is 1150 g/mol. The lowest BCUT2D eigenvalue weighted by atomic mass is 9.36. The van der Waals surface area contributed by atoms with Gasteiger partial charge in [0.1, 0.15) is 0 Å². The molecule has 0 fully saturated rings. The first kappa shape index (κ1) is 58.0. The molecule has 3 heterocycles. The first-order valence-electron chi connectivity index (χ1n) is 30.9. The van der Waals surface area contributed by atoms with Crippen LogP contribution in [0.5, 0.6) is 0 Å². The molecule has 0 bridgehead atoms. The smallest absolute Gasteiger partial charge is 0.264 e. The van der Waals surface area contributed by atoms with Crippen LogP contribution >= 0.6 is 11.3 Å². The first-order valence-corrected chi connectivity index (χ1v) is 35.2. The van der Waals surface area contributed by atoms with Crippen LogP contribution in [0.1, 0.15) is 132 Å². The van der Waals surface area contributed by atoms with Crippen molar-refractivity contribution in [3.63, 3.8) is 0 Å². The molecule has 0 aliphatic carbocycles. The molecule has 0 N–H and O–H groups in total. The standard InChI is InChI=1S/C79H86BN3SSi/c1-75(2,3)54-26-35-59(36-27-54)81(60-37-28-55(29-38-60)76(4,5)6)67-50-68-66(49-64(67)52-22-20-19-21-23-52)80-72-69(82(68)61-39-30-56(31-40-61)77(7,8)9)46-53(51-24-43-63(44-25-51)85(16,17)18)47-70(72)83(62-41-32-57(33-42-62)78(10,11)12)73-65-48-58(79(13,14)15)34-45-71(65)84-74(73)80/h19-50H,1-18H3. The third-order valence-electron chi connectivity index (χ3n) is 18.0. The monoisotopic (exact) mass is 1150 g/mol. The van der Waals surface area contributed by atoms with Crippen molar-refractivity contribution >= 4 is 108 Å². The van der Waals surface area contributed by atoms with Crippen molar-refractivity contribution in [1.82, 2.24) is 0 Å². The Labute approximate surface area is 514 Å². The molecular weight excluding hydrogens is 1060 g/mol. The third-order valence-corrected chi connectivity index (χ3v) is 21.3. The first-order chi connectivity index (χ1) is 39.9. The minimum Gasteiger partial charge on any atom is -0.311 e. The highest BCUT2D eigenvalue weighted by Gasteiger charge is 2.47. The van der Waals surface area contributed by atoms with E-state index < -0.39 is 8.07 Å². The van der Waals surface area contributed by atoms with Crippen molar-refractivity contribution in [2.45, 2.75) is 151 Å². The Hall–Kier alpha value is -7.38. The van der Waals surface area contributed by atoms with E-state index in [-0.39, 0.29) is 33.8 Å². The molecule has 10 aromatic rings. The van der Waals surface area contributed by atoms with E-state index in [1.54, 1.807) is 0 Å².